The van der Waals surface area contributed by atoms with Crippen molar-refractivity contribution < 1.29 is 19.1 Å². The van der Waals surface area contributed by atoms with Crippen molar-refractivity contribution in [2.24, 2.45) is 0 Å². The largest absolute Gasteiger partial charge is 0.465 e. The van der Waals surface area contributed by atoms with Crippen LogP contribution in [-0.4, -0.2) is 31.7 Å². The highest BCUT2D eigenvalue weighted by Gasteiger charge is 2.13. The molecule has 1 aromatic carbocycles. The number of amides is 1. The lowest BCUT2D eigenvalue weighted by atomic mass is 10.2. The Morgan fingerprint density at radius 3 is 2.22 bits per heavy atom. The molecule has 0 radical (unpaired) electrons. The second-order valence-electron chi connectivity index (χ2n) is 3.71. The third-order valence-corrected chi connectivity index (χ3v) is 2.70. The summed E-state index contributed by atoms with van der Waals surface area (Å²) in [6, 6.07) is 6.02. The molecule has 7 heteroatoms. The zero-order valence-corrected chi connectivity index (χ0v) is 11.8. The van der Waals surface area contributed by atoms with E-state index in [0.29, 0.717) is 11.3 Å². The summed E-state index contributed by atoms with van der Waals surface area (Å²) in [5.74, 6) is -0.127. The van der Waals surface area contributed by atoms with Gasteiger partial charge in [0, 0.05) is 0 Å². The normalized spacial score (nSPS) is 11.6. The standard InChI is InChI=1S/C11H14ClNO4S/c1-16-10(14)8-4-6-9(7-5-8)17-11(15)13-18(2,3)12/h4-7H,1-3H3,(H,13,15). The Morgan fingerprint density at radius 1 is 1.22 bits per heavy atom. The number of ether oxygens (including phenoxy) is 2. The van der Waals surface area contributed by atoms with Crippen LogP contribution in [0.1, 0.15) is 10.4 Å². The lowest BCUT2D eigenvalue weighted by Gasteiger charge is -2.22. The molecule has 0 saturated heterocycles. The molecule has 18 heavy (non-hydrogen) atoms. The zero-order chi connectivity index (χ0) is 13.8. The van der Waals surface area contributed by atoms with Gasteiger partial charge in [0.1, 0.15) is 5.75 Å². The maximum Gasteiger partial charge on any atom is 0.422 e. The van der Waals surface area contributed by atoms with Crippen LogP contribution in [0.2, 0.25) is 0 Å². The number of carbonyl (C=O) groups is 2. The van der Waals surface area contributed by atoms with Gasteiger partial charge in [-0.3, -0.25) is 4.72 Å². The van der Waals surface area contributed by atoms with E-state index in [1.165, 1.54) is 31.4 Å². The van der Waals surface area contributed by atoms with E-state index < -0.39 is 21.5 Å². The summed E-state index contributed by atoms with van der Waals surface area (Å²) in [6.45, 7) is 0. The molecular weight excluding hydrogens is 278 g/mol. The first-order valence-corrected chi connectivity index (χ1v) is 8.20. The van der Waals surface area contributed by atoms with E-state index in [2.05, 4.69) is 9.46 Å². The fourth-order valence-electron chi connectivity index (χ4n) is 1.10. The molecule has 0 atom stereocenters. The van der Waals surface area contributed by atoms with Gasteiger partial charge in [0.05, 0.1) is 12.7 Å². The van der Waals surface area contributed by atoms with Gasteiger partial charge in [-0.25, -0.2) is 9.59 Å². The highest BCUT2D eigenvalue weighted by atomic mass is 35.7. The van der Waals surface area contributed by atoms with E-state index in [9.17, 15) is 9.59 Å². The van der Waals surface area contributed by atoms with Crippen molar-refractivity contribution in [1.82, 2.24) is 4.72 Å². The van der Waals surface area contributed by atoms with Crippen LogP contribution >= 0.6 is 20.1 Å². The number of nitrogens with one attached hydrogen (secondary N) is 1. The van der Waals surface area contributed by atoms with Gasteiger partial charge in [-0.05, 0) is 47.5 Å². The van der Waals surface area contributed by atoms with Gasteiger partial charge >= 0.3 is 12.1 Å². The Balaban J connectivity index is 2.64. The summed E-state index contributed by atoms with van der Waals surface area (Å²) in [6.07, 6.45) is 2.78. The molecule has 0 aliphatic rings. The topological polar surface area (TPSA) is 64.6 Å². The lowest BCUT2D eigenvalue weighted by molar-refractivity contribution is 0.0600. The van der Waals surface area contributed by atoms with Crippen LogP contribution in [0.5, 0.6) is 5.75 Å². The first kappa shape index (κ1) is 14.7. The molecule has 0 unspecified atom stereocenters. The number of hydrogen-bond acceptors (Lipinski definition) is 4. The van der Waals surface area contributed by atoms with E-state index >= 15 is 0 Å². The molecule has 0 aromatic heterocycles. The minimum atomic E-state index is -1.70. The summed E-state index contributed by atoms with van der Waals surface area (Å²) in [5.41, 5.74) is 0.383. The number of hydrogen-bond donors (Lipinski definition) is 1. The average molecular weight is 292 g/mol. The number of benzene rings is 1. The lowest BCUT2D eigenvalue weighted by Crippen LogP contribution is -2.26. The maximum absolute atomic E-state index is 11.4. The number of halogens is 1. The molecule has 1 aromatic rings. The Morgan fingerprint density at radius 2 is 1.78 bits per heavy atom. The van der Waals surface area contributed by atoms with Crippen LogP contribution in [0.25, 0.3) is 0 Å². The van der Waals surface area contributed by atoms with Crippen molar-refractivity contribution in [2.45, 2.75) is 0 Å². The first-order chi connectivity index (χ1) is 8.31. The van der Waals surface area contributed by atoms with E-state index in [0.717, 1.165) is 0 Å². The van der Waals surface area contributed by atoms with Crippen molar-refractivity contribution in [3.8, 4) is 5.75 Å². The van der Waals surface area contributed by atoms with Gasteiger partial charge in [-0.15, -0.1) is 0 Å². The second-order valence-corrected chi connectivity index (χ2v) is 8.63. The fourth-order valence-corrected chi connectivity index (χ4v) is 1.73. The van der Waals surface area contributed by atoms with Crippen molar-refractivity contribution >= 4 is 32.2 Å². The first-order valence-electron chi connectivity index (χ1n) is 4.93. The van der Waals surface area contributed by atoms with Gasteiger partial charge in [-0.2, -0.15) is 0 Å². The quantitative estimate of drug-likeness (QED) is 0.870. The Bertz CT molecular complexity index is 441. The van der Waals surface area contributed by atoms with Crippen LogP contribution < -0.4 is 9.46 Å². The molecule has 0 heterocycles. The monoisotopic (exact) mass is 291 g/mol. The minimum Gasteiger partial charge on any atom is -0.465 e. The molecule has 1 amide bonds. The van der Waals surface area contributed by atoms with Crippen LogP contribution in [0.3, 0.4) is 0 Å². The van der Waals surface area contributed by atoms with Crippen LogP contribution in [0.15, 0.2) is 24.3 Å². The van der Waals surface area contributed by atoms with Crippen molar-refractivity contribution in [1.29, 1.82) is 0 Å². The third-order valence-electron chi connectivity index (χ3n) is 1.81. The van der Waals surface area contributed by atoms with Crippen molar-refractivity contribution in [3.05, 3.63) is 29.8 Å². The van der Waals surface area contributed by atoms with Crippen molar-refractivity contribution in [2.75, 3.05) is 19.6 Å². The smallest absolute Gasteiger partial charge is 0.422 e. The second kappa shape index (κ2) is 5.97. The molecule has 1 rings (SSSR count). The molecule has 100 valence electrons. The molecule has 0 aliphatic carbocycles. The summed E-state index contributed by atoms with van der Waals surface area (Å²) in [5, 5.41) is 0. The van der Waals surface area contributed by atoms with Gasteiger partial charge < -0.3 is 9.47 Å². The van der Waals surface area contributed by atoms with E-state index in [1.54, 1.807) is 12.5 Å². The third kappa shape index (κ3) is 4.85. The van der Waals surface area contributed by atoms with Crippen LogP contribution in [-0.2, 0) is 4.74 Å². The predicted octanol–water partition coefficient (Wildman–Crippen LogP) is 2.69. The Hall–Kier alpha value is -1.40. The highest BCUT2D eigenvalue weighted by Crippen LogP contribution is 2.40. The van der Waals surface area contributed by atoms with Gasteiger partial charge in [0.15, 0.2) is 0 Å². The fraction of sp³-hybridized carbons (Fsp3) is 0.273. The predicted molar refractivity (Wildman–Crippen MR) is 72.2 cm³/mol. The zero-order valence-electron chi connectivity index (χ0n) is 10.2. The highest BCUT2D eigenvalue weighted by molar-refractivity contribution is 8.49. The summed E-state index contributed by atoms with van der Waals surface area (Å²) >= 11 is 0. The van der Waals surface area contributed by atoms with Gasteiger partial charge in [0.2, 0.25) is 0 Å². The SMILES string of the molecule is COC(=O)c1ccc(OC(=O)NS(C)(C)Cl)cc1. The molecule has 0 bridgehead atoms. The van der Waals surface area contributed by atoms with Crippen LogP contribution in [0.4, 0.5) is 4.79 Å². The number of carbonyl (C=O) groups excluding carboxylic acids is 2. The Kier molecular flexibility index (Phi) is 4.86. The van der Waals surface area contributed by atoms with Gasteiger partial charge in [-0.1, -0.05) is 9.43 Å². The van der Waals surface area contributed by atoms with E-state index in [4.69, 9.17) is 15.4 Å². The Labute approximate surface area is 111 Å². The molecular formula is C11H14ClNO4S. The minimum absolute atomic E-state index is 0.320. The number of rotatable bonds is 3. The number of esters is 1. The molecule has 0 saturated carbocycles. The van der Waals surface area contributed by atoms with Crippen molar-refractivity contribution in [3.63, 3.8) is 0 Å². The summed E-state index contributed by atoms with van der Waals surface area (Å²) in [7, 11) is 5.49. The van der Waals surface area contributed by atoms with E-state index in [-0.39, 0.29) is 0 Å². The van der Waals surface area contributed by atoms with Gasteiger partial charge in [0.25, 0.3) is 0 Å². The molecule has 0 spiro atoms. The summed E-state index contributed by atoms with van der Waals surface area (Å²) < 4.78 is 12.1. The molecule has 5 nitrogen and oxygen atoms in total. The van der Waals surface area contributed by atoms with E-state index in [1.807, 2.05) is 0 Å². The number of methoxy groups -OCH3 is 1. The molecule has 0 fully saturated rings. The average Bonchev–Trinajstić information content (AvgIpc) is 2.26. The molecule has 1 N–H and O–H groups in total. The van der Waals surface area contributed by atoms with Crippen LogP contribution in [0, 0.1) is 0 Å². The molecule has 0 aliphatic heterocycles. The summed E-state index contributed by atoms with van der Waals surface area (Å²) in [4.78, 5) is 22.6. The maximum atomic E-state index is 11.4.